The van der Waals surface area contributed by atoms with Gasteiger partial charge in [-0.25, -0.2) is 13.1 Å². The molecule has 6 heteroatoms. The molecule has 0 atom stereocenters. The zero-order valence-electron chi connectivity index (χ0n) is 14.2. The van der Waals surface area contributed by atoms with Gasteiger partial charge in [-0.2, -0.15) is 0 Å². The van der Waals surface area contributed by atoms with E-state index in [4.69, 9.17) is 0 Å². The van der Waals surface area contributed by atoms with Crippen molar-refractivity contribution in [2.45, 2.75) is 25.2 Å². The molecule has 0 radical (unpaired) electrons. The van der Waals surface area contributed by atoms with Gasteiger partial charge in [0.1, 0.15) is 0 Å². The molecule has 0 saturated carbocycles. The van der Waals surface area contributed by atoms with Crippen molar-refractivity contribution >= 4 is 20.9 Å². The lowest BCUT2D eigenvalue weighted by Gasteiger charge is -2.08. The van der Waals surface area contributed by atoms with Crippen molar-refractivity contribution < 1.29 is 8.42 Å². The SMILES string of the molecule is Cc1cccc(S(=O)(=O)NCCc2cc3ccc(C)cc3[nH]c2=O)c1. The Morgan fingerprint density at radius 2 is 1.76 bits per heavy atom. The third-order valence-corrected chi connectivity index (χ3v) is 5.52. The van der Waals surface area contributed by atoms with Crippen LogP contribution in [0.5, 0.6) is 0 Å². The van der Waals surface area contributed by atoms with Gasteiger partial charge in [0.25, 0.3) is 5.56 Å². The van der Waals surface area contributed by atoms with Gasteiger partial charge in [0.2, 0.25) is 10.0 Å². The summed E-state index contributed by atoms with van der Waals surface area (Å²) in [6.07, 6.45) is 0.324. The van der Waals surface area contributed by atoms with Crippen LogP contribution in [0.4, 0.5) is 0 Å². The topological polar surface area (TPSA) is 79.0 Å². The van der Waals surface area contributed by atoms with Crippen LogP contribution in [0, 0.1) is 13.8 Å². The van der Waals surface area contributed by atoms with Crippen LogP contribution in [0.1, 0.15) is 16.7 Å². The number of hydrogen-bond donors (Lipinski definition) is 2. The smallest absolute Gasteiger partial charge is 0.251 e. The van der Waals surface area contributed by atoms with Gasteiger partial charge in [0.15, 0.2) is 0 Å². The van der Waals surface area contributed by atoms with Crippen LogP contribution in [-0.2, 0) is 16.4 Å². The van der Waals surface area contributed by atoms with Crippen molar-refractivity contribution in [2.24, 2.45) is 0 Å². The molecule has 0 amide bonds. The molecule has 0 aliphatic rings. The Bertz CT molecular complexity index is 1090. The third-order valence-electron chi connectivity index (χ3n) is 4.06. The molecule has 1 aromatic heterocycles. The van der Waals surface area contributed by atoms with Crippen molar-refractivity contribution in [1.29, 1.82) is 0 Å². The molecule has 5 nitrogen and oxygen atoms in total. The maximum atomic E-state index is 12.3. The highest BCUT2D eigenvalue weighted by Crippen LogP contribution is 2.14. The lowest BCUT2D eigenvalue weighted by Crippen LogP contribution is -2.27. The summed E-state index contributed by atoms with van der Waals surface area (Å²) in [5.74, 6) is 0. The quantitative estimate of drug-likeness (QED) is 0.738. The van der Waals surface area contributed by atoms with Gasteiger partial charge in [-0.1, -0.05) is 24.3 Å². The largest absolute Gasteiger partial charge is 0.322 e. The van der Waals surface area contributed by atoms with Crippen LogP contribution in [0.15, 0.2) is 58.2 Å². The van der Waals surface area contributed by atoms with Gasteiger partial charge >= 0.3 is 0 Å². The van der Waals surface area contributed by atoms with Crippen LogP contribution in [0.3, 0.4) is 0 Å². The maximum absolute atomic E-state index is 12.3. The molecule has 1 heterocycles. The molecule has 0 aliphatic carbocycles. The van der Waals surface area contributed by atoms with Gasteiger partial charge in [-0.3, -0.25) is 4.79 Å². The number of hydrogen-bond acceptors (Lipinski definition) is 3. The van der Waals surface area contributed by atoms with E-state index in [-0.39, 0.29) is 17.0 Å². The molecule has 3 rings (SSSR count). The Morgan fingerprint density at radius 1 is 1.00 bits per heavy atom. The van der Waals surface area contributed by atoms with E-state index in [1.807, 2.05) is 44.2 Å². The van der Waals surface area contributed by atoms with Crippen molar-refractivity contribution in [3.05, 3.63) is 75.6 Å². The second-order valence-corrected chi connectivity index (χ2v) is 7.95. The number of aromatic amines is 1. The lowest BCUT2D eigenvalue weighted by atomic mass is 10.1. The van der Waals surface area contributed by atoms with Gasteiger partial charge in [0, 0.05) is 17.6 Å². The number of aryl methyl sites for hydroxylation is 2. The van der Waals surface area contributed by atoms with E-state index in [1.54, 1.807) is 18.2 Å². The minimum Gasteiger partial charge on any atom is -0.322 e. The first-order valence-electron chi connectivity index (χ1n) is 8.04. The summed E-state index contributed by atoms with van der Waals surface area (Å²) >= 11 is 0. The first kappa shape index (κ1) is 17.4. The van der Waals surface area contributed by atoms with Gasteiger partial charge in [-0.15, -0.1) is 0 Å². The second kappa shape index (κ2) is 6.82. The van der Waals surface area contributed by atoms with E-state index in [0.717, 1.165) is 22.0 Å². The van der Waals surface area contributed by atoms with Crippen LogP contribution < -0.4 is 10.3 Å². The number of sulfonamides is 1. The molecule has 0 aliphatic heterocycles. The van der Waals surface area contributed by atoms with E-state index in [0.29, 0.717) is 12.0 Å². The summed E-state index contributed by atoms with van der Waals surface area (Å²) in [6, 6.07) is 14.4. The van der Waals surface area contributed by atoms with E-state index in [1.165, 1.54) is 0 Å². The summed E-state index contributed by atoms with van der Waals surface area (Å²) < 4.78 is 27.2. The minimum atomic E-state index is -3.58. The molecule has 0 bridgehead atoms. The van der Waals surface area contributed by atoms with Gasteiger partial charge in [0.05, 0.1) is 4.90 Å². The number of fused-ring (bicyclic) bond motifs is 1. The fourth-order valence-electron chi connectivity index (χ4n) is 2.73. The molecule has 3 aromatic rings. The average Bonchev–Trinajstić information content (AvgIpc) is 2.55. The molecular formula is C19H20N2O3S. The highest BCUT2D eigenvalue weighted by molar-refractivity contribution is 7.89. The van der Waals surface area contributed by atoms with Crippen LogP contribution in [-0.4, -0.2) is 19.9 Å². The predicted molar refractivity (Wildman–Crippen MR) is 99.4 cm³/mol. The maximum Gasteiger partial charge on any atom is 0.251 e. The second-order valence-electron chi connectivity index (χ2n) is 6.18. The Balaban J connectivity index is 1.76. The number of rotatable bonds is 5. The van der Waals surface area contributed by atoms with E-state index in [2.05, 4.69) is 9.71 Å². The fraction of sp³-hybridized carbons (Fsp3) is 0.211. The Labute approximate surface area is 146 Å². The van der Waals surface area contributed by atoms with Crippen LogP contribution in [0.2, 0.25) is 0 Å². The first-order valence-corrected chi connectivity index (χ1v) is 9.52. The van der Waals surface area contributed by atoms with Crippen molar-refractivity contribution in [1.82, 2.24) is 9.71 Å². The molecule has 0 fully saturated rings. The number of benzene rings is 2. The summed E-state index contributed by atoms with van der Waals surface area (Å²) in [5.41, 5.74) is 3.11. The summed E-state index contributed by atoms with van der Waals surface area (Å²) in [6.45, 7) is 3.97. The van der Waals surface area contributed by atoms with Crippen LogP contribution in [0.25, 0.3) is 10.9 Å². The fourth-order valence-corrected chi connectivity index (χ4v) is 3.87. The average molecular weight is 356 g/mol. The number of nitrogens with one attached hydrogen (secondary N) is 2. The Kier molecular flexibility index (Phi) is 4.74. The zero-order chi connectivity index (χ0) is 18.0. The molecule has 0 saturated heterocycles. The summed E-state index contributed by atoms with van der Waals surface area (Å²) in [5, 5.41) is 0.932. The number of aromatic nitrogens is 1. The Morgan fingerprint density at radius 3 is 2.52 bits per heavy atom. The predicted octanol–water partition coefficient (Wildman–Crippen LogP) is 2.67. The molecular weight excluding hydrogens is 336 g/mol. The Hall–Kier alpha value is -2.44. The highest BCUT2D eigenvalue weighted by Gasteiger charge is 2.13. The molecule has 2 N–H and O–H groups in total. The normalized spacial score (nSPS) is 11.8. The summed E-state index contributed by atoms with van der Waals surface area (Å²) in [4.78, 5) is 15.3. The third kappa shape index (κ3) is 3.97. The van der Waals surface area contributed by atoms with Crippen molar-refractivity contribution in [2.75, 3.05) is 6.54 Å². The zero-order valence-corrected chi connectivity index (χ0v) is 15.0. The number of H-pyrrole nitrogens is 1. The minimum absolute atomic E-state index is 0.163. The van der Waals surface area contributed by atoms with Crippen LogP contribution >= 0.6 is 0 Å². The first-order chi connectivity index (χ1) is 11.8. The van der Waals surface area contributed by atoms with E-state index >= 15 is 0 Å². The highest BCUT2D eigenvalue weighted by atomic mass is 32.2. The van der Waals surface area contributed by atoms with E-state index in [9.17, 15) is 13.2 Å². The molecule has 0 spiro atoms. The lowest BCUT2D eigenvalue weighted by molar-refractivity contribution is 0.581. The monoisotopic (exact) mass is 356 g/mol. The van der Waals surface area contributed by atoms with Crippen molar-refractivity contribution in [3.8, 4) is 0 Å². The molecule has 2 aromatic carbocycles. The molecule has 25 heavy (non-hydrogen) atoms. The molecule has 0 unspecified atom stereocenters. The standard InChI is InChI=1S/C19H20N2O3S/c1-13-4-3-5-17(10-13)25(23,24)20-9-8-16-12-15-7-6-14(2)11-18(15)21-19(16)22/h3-7,10-12,20H,8-9H2,1-2H3,(H,21,22). The van der Waals surface area contributed by atoms with E-state index < -0.39 is 10.0 Å². The number of pyridine rings is 1. The van der Waals surface area contributed by atoms with Crippen molar-refractivity contribution in [3.63, 3.8) is 0 Å². The van der Waals surface area contributed by atoms with Gasteiger partial charge in [-0.05, 0) is 61.0 Å². The molecule has 130 valence electrons. The van der Waals surface area contributed by atoms with Gasteiger partial charge < -0.3 is 4.98 Å². The summed E-state index contributed by atoms with van der Waals surface area (Å²) in [7, 11) is -3.58.